The number of nitrogens with two attached hydrogens (primary N) is 2. The van der Waals surface area contributed by atoms with E-state index in [1.165, 1.54) is 12.1 Å². The summed E-state index contributed by atoms with van der Waals surface area (Å²) in [6.07, 6.45) is -1.34. The summed E-state index contributed by atoms with van der Waals surface area (Å²) in [6, 6.07) is 6.31. The second-order valence-corrected chi connectivity index (χ2v) is 3.68. The van der Waals surface area contributed by atoms with E-state index in [0.29, 0.717) is 0 Å². The van der Waals surface area contributed by atoms with E-state index in [-0.39, 0.29) is 11.3 Å². The minimum absolute atomic E-state index is 0.230. The quantitative estimate of drug-likeness (QED) is 0.653. The van der Waals surface area contributed by atoms with Crippen molar-refractivity contribution in [3.63, 3.8) is 0 Å². The maximum atomic E-state index is 12.0. The van der Waals surface area contributed by atoms with Gasteiger partial charge in [0.1, 0.15) is 11.7 Å². The first-order valence-corrected chi connectivity index (χ1v) is 4.91. The molecule has 6 heteroatoms. The molecule has 0 fully saturated rings. The minimum Gasteiger partial charge on any atom is -0.479 e. The lowest BCUT2D eigenvalue weighted by Gasteiger charge is -2.28. The van der Waals surface area contributed by atoms with Gasteiger partial charge >= 0.3 is 0 Å². The van der Waals surface area contributed by atoms with Gasteiger partial charge in [0, 0.05) is 0 Å². The lowest BCUT2D eigenvalue weighted by molar-refractivity contribution is -0.133. The Labute approximate surface area is 96.5 Å². The molecule has 2 amide bonds. The predicted molar refractivity (Wildman–Crippen MR) is 57.1 cm³/mol. The summed E-state index contributed by atoms with van der Waals surface area (Å²) in [5.41, 5.74) is 10.4. The monoisotopic (exact) mass is 234 g/mol. The molecule has 2 rings (SSSR count). The third-order valence-electron chi connectivity index (χ3n) is 2.58. The van der Waals surface area contributed by atoms with Gasteiger partial charge in [0.2, 0.25) is 5.91 Å². The zero-order valence-electron chi connectivity index (χ0n) is 8.75. The third kappa shape index (κ3) is 1.73. The van der Waals surface area contributed by atoms with Gasteiger partial charge < -0.3 is 16.2 Å². The standard InChI is InChI=1S/C11H10N2O4/c12-10(15)7-8(14)5-3-1-2-4-6(5)17-9(7)11(13)16/h1-4,7,9H,(H2,12,15)(H2,13,16)/t7-,9-/m0/s1. The van der Waals surface area contributed by atoms with Crippen LogP contribution in [0.15, 0.2) is 24.3 Å². The van der Waals surface area contributed by atoms with Crippen molar-refractivity contribution in [2.75, 3.05) is 0 Å². The van der Waals surface area contributed by atoms with Crippen molar-refractivity contribution in [3.8, 4) is 5.75 Å². The van der Waals surface area contributed by atoms with E-state index in [1.54, 1.807) is 12.1 Å². The molecule has 0 radical (unpaired) electrons. The molecule has 1 aliphatic heterocycles. The van der Waals surface area contributed by atoms with Gasteiger partial charge in [0.15, 0.2) is 11.9 Å². The maximum Gasteiger partial charge on any atom is 0.259 e. The summed E-state index contributed by atoms with van der Waals surface area (Å²) in [4.78, 5) is 34.3. The van der Waals surface area contributed by atoms with Crippen LogP contribution in [0.25, 0.3) is 0 Å². The first-order valence-electron chi connectivity index (χ1n) is 4.91. The Bertz CT molecular complexity index is 512. The van der Waals surface area contributed by atoms with Crippen molar-refractivity contribution in [2.24, 2.45) is 17.4 Å². The fourth-order valence-corrected chi connectivity index (χ4v) is 1.78. The molecular weight excluding hydrogens is 224 g/mol. The number of ketones is 1. The summed E-state index contributed by atoms with van der Waals surface area (Å²) >= 11 is 0. The van der Waals surface area contributed by atoms with Crippen molar-refractivity contribution in [3.05, 3.63) is 29.8 Å². The number of Topliss-reactive ketones (excluding diaryl/α,β-unsaturated/α-hetero) is 1. The topological polar surface area (TPSA) is 112 Å². The average Bonchev–Trinajstić information content (AvgIpc) is 2.28. The second-order valence-electron chi connectivity index (χ2n) is 3.68. The third-order valence-corrected chi connectivity index (χ3v) is 2.58. The van der Waals surface area contributed by atoms with Crippen LogP contribution in [0.2, 0.25) is 0 Å². The Morgan fingerprint density at radius 2 is 1.76 bits per heavy atom. The molecule has 1 aliphatic rings. The zero-order chi connectivity index (χ0) is 12.6. The number of rotatable bonds is 2. The summed E-state index contributed by atoms with van der Waals surface area (Å²) in [6.45, 7) is 0. The van der Waals surface area contributed by atoms with Gasteiger partial charge in [-0.25, -0.2) is 0 Å². The highest BCUT2D eigenvalue weighted by molar-refractivity contribution is 6.15. The molecular formula is C11H10N2O4. The Balaban J connectivity index is 2.52. The number of hydrogen-bond acceptors (Lipinski definition) is 4. The predicted octanol–water partition coefficient (Wildman–Crippen LogP) is -0.783. The van der Waals surface area contributed by atoms with Gasteiger partial charge in [0.05, 0.1) is 5.56 Å². The highest BCUT2D eigenvalue weighted by Crippen LogP contribution is 2.30. The Hall–Kier alpha value is -2.37. The lowest BCUT2D eigenvalue weighted by atomic mass is 9.88. The maximum absolute atomic E-state index is 12.0. The van der Waals surface area contributed by atoms with Gasteiger partial charge in [-0.2, -0.15) is 0 Å². The zero-order valence-corrected chi connectivity index (χ0v) is 8.75. The van der Waals surface area contributed by atoms with E-state index < -0.39 is 29.6 Å². The van der Waals surface area contributed by atoms with E-state index in [0.717, 1.165) is 0 Å². The number of amides is 2. The summed E-state index contributed by atoms with van der Waals surface area (Å²) in [5, 5.41) is 0. The number of benzene rings is 1. The van der Waals surface area contributed by atoms with Crippen LogP contribution in [0.1, 0.15) is 10.4 Å². The van der Waals surface area contributed by atoms with Gasteiger partial charge in [-0.15, -0.1) is 0 Å². The van der Waals surface area contributed by atoms with Gasteiger partial charge in [-0.1, -0.05) is 12.1 Å². The minimum atomic E-state index is -1.36. The molecule has 0 aliphatic carbocycles. The van der Waals surface area contributed by atoms with Crippen molar-refractivity contribution in [2.45, 2.75) is 6.10 Å². The second kappa shape index (κ2) is 3.89. The summed E-state index contributed by atoms with van der Waals surface area (Å²) < 4.78 is 5.24. The molecule has 2 atom stereocenters. The SMILES string of the molecule is NC(=O)[C@H]1C(=O)c2ccccc2O[C@@H]1C(N)=O. The Kier molecular flexibility index (Phi) is 2.55. The smallest absolute Gasteiger partial charge is 0.259 e. The molecule has 1 heterocycles. The highest BCUT2D eigenvalue weighted by atomic mass is 16.5. The van der Waals surface area contributed by atoms with E-state index >= 15 is 0 Å². The van der Waals surface area contributed by atoms with Crippen molar-refractivity contribution < 1.29 is 19.1 Å². The fourth-order valence-electron chi connectivity index (χ4n) is 1.78. The Morgan fingerprint density at radius 3 is 2.35 bits per heavy atom. The van der Waals surface area contributed by atoms with E-state index in [9.17, 15) is 14.4 Å². The number of carbonyl (C=O) groups excluding carboxylic acids is 3. The largest absolute Gasteiger partial charge is 0.479 e. The molecule has 1 aromatic rings. The lowest BCUT2D eigenvalue weighted by Crippen LogP contribution is -2.51. The normalized spacial score (nSPS) is 22.5. The molecule has 0 saturated carbocycles. The molecule has 0 unspecified atom stereocenters. The molecule has 17 heavy (non-hydrogen) atoms. The molecule has 0 aromatic heterocycles. The van der Waals surface area contributed by atoms with Gasteiger partial charge in [-0.05, 0) is 12.1 Å². The van der Waals surface area contributed by atoms with Gasteiger partial charge in [0.25, 0.3) is 5.91 Å². The molecule has 4 N–H and O–H groups in total. The molecule has 0 saturated heterocycles. The van der Waals surface area contributed by atoms with Crippen LogP contribution < -0.4 is 16.2 Å². The van der Waals surface area contributed by atoms with Crippen LogP contribution >= 0.6 is 0 Å². The molecule has 0 spiro atoms. The van der Waals surface area contributed by atoms with Crippen LogP contribution in [0, 0.1) is 5.92 Å². The highest BCUT2D eigenvalue weighted by Gasteiger charge is 2.43. The molecule has 1 aromatic carbocycles. The van der Waals surface area contributed by atoms with E-state index in [4.69, 9.17) is 16.2 Å². The number of carbonyl (C=O) groups is 3. The van der Waals surface area contributed by atoms with Crippen LogP contribution in [0.4, 0.5) is 0 Å². The molecule has 88 valence electrons. The first kappa shape index (κ1) is 11.1. The van der Waals surface area contributed by atoms with Crippen LogP contribution in [-0.4, -0.2) is 23.7 Å². The van der Waals surface area contributed by atoms with Crippen LogP contribution in [0.3, 0.4) is 0 Å². The number of ether oxygens (including phenoxy) is 1. The summed E-state index contributed by atoms with van der Waals surface area (Å²) in [5.74, 6) is -3.48. The van der Waals surface area contributed by atoms with Crippen LogP contribution in [-0.2, 0) is 9.59 Å². The van der Waals surface area contributed by atoms with Gasteiger partial charge in [-0.3, -0.25) is 14.4 Å². The molecule has 0 bridgehead atoms. The fraction of sp³-hybridized carbons (Fsp3) is 0.182. The summed E-state index contributed by atoms with van der Waals surface area (Å²) in [7, 11) is 0. The molecule has 6 nitrogen and oxygen atoms in total. The van der Waals surface area contributed by atoms with Crippen molar-refractivity contribution in [1.29, 1.82) is 0 Å². The van der Waals surface area contributed by atoms with Crippen molar-refractivity contribution in [1.82, 2.24) is 0 Å². The average molecular weight is 234 g/mol. The number of fused-ring (bicyclic) bond motifs is 1. The van der Waals surface area contributed by atoms with Crippen LogP contribution in [0.5, 0.6) is 5.75 Å². The number of hydrogen-bond donors (Lipinski definition) is 2. The van der Waals surface area contributed by atoms with E-state index in [1.807, 2.05) is 0 Å². The van der Waals surface area contributed by atoms with E-state index in [2.05, 4.69) is 0 Å². The van der Waals surface area contributed by atoms with Crippen molar-refractivity contribution >= 4 is 17.6 Å². The first-order chi connectivity index (χ1) is 8.02. The Morgan fingerprint density at radius 1 is 1.12 bits per heavy atom. The number of primary amides is 2. The number of para-hydroxylation sites is 1.